The van der Waals surface area contributed by atoms with Crippen LogP contribution in [-0.2, 0) is 20.2 Å². The molecule has 194 valence electrons. The highest BCUT2D eigenvalue weighted by molar-refractivity contribution is 7.89. The van der Waals surface area contributed by atoms with Crippen LogP contribution >= 0.6 is 0 Å². The fourth-order valence-electron chi connectivity index (χ4n) is 5.93. The summed E-state index contributed by atoms with van der Waals surface area (Å²) in [5.41, 5.74) is 2.01. The molecule has 0 unspecified atom stereocenters. The Morgan fingerprint density at radius 1 is 0.946 bits per heavy atom. The van der Waals surface area contributed by atoms with Gasteiger partial charge in [-0.3, -0.25) is 4.79 Å². The van der Waals surface area contributed by atoms with E-state index in [1.165, 1.54) is 0 Å². The second-order valence-electron chi connectivity index (χ2n) is 10.2. The SMILES string of the molecule is CC[C@H]1CCCN1S(=O)(=O)c1ccc(-c2cccc(NC(=O)C3(c4ccccc4)CCCCC3)n2)cc1. The summed E-state index contributed by atoms with van der Waals surface area (Å²) >= 11 is 0. The summed E-state index contributed by atoms with van der Waals surface area (Å²) in [6.45, 7) is 2.62. The first-order valence-corrected chi connectivity index (χ1v) is 14.8. The molecule has 7 heteroatoms. The van der Waals surface area contributed by atoms with Gasteiger partial charge in [0.15, 0.2) is 0 Å². The fourth-order valence-corrected chi connectivity index (χ4v) is 7.69. The molecule has 1 atom stereocenters. The number of nitrogens with one attached hydrogen (secondary N) is 1. The standard InChI is InChI=1S/C30H35N3O3S/c1-2-25-13-10-22-33(25)37(35,36)26-18-16-23(17-19-26)27-14-9-15-28(31-27)32-29(34)30(20-7-4-8-21-30)24-11-5-3-6-12-24/h3,5-6,9,11-12,14-19,25H,2,4,7-8,10,13,20-22H2,1H3,(H,31,32,34)/t25-/m0/s1. The molecule has 5 rings (SSSR count). The summed E-state index contributed by atoms with van der Waals surface area (Å²) in [6, 6.07) is 22.6. The van der Waals surface area contributed by atoms with Crippen molar-refractivity contribution in [2.45, 2.75) is 74.6 Å². The van der Waals surface area contributed by atoms with Gasteiger partial charge in [-0.05, 0) is 61.9 Å². The van der Waals surface area contributed by atoms with Crippen molar-refractivity contribution in [3.05, 3.63) is 78.4 Å². The second-order valence-corrected chi connectivity index (χ2v) is 12.1. The van der Waals surface area contributed by atoms with E-state index in [0.717, 1.165) is 62.5 Å². The molecular formula is C30H35N3O3S. The van der Waals surface area contributed by atoms with E-state index >= 15 is 0 Å². The van der Waals surface area contributed by atoms with Crippen LogP contribution in [0.2, 0.25) is 0 Å². The van der Waals surface area contributed by atoms with Gasteiger partial charge >= 0.3 is 0 Å². The van der Waals surface area contributed by atoms with Crippen LogP contribution in [0.15, 0.2) is 77.7 Å². The molecule has 0 radical (unpaired) electrons. The number of pyridine rings is 1. The zero-order valence-corrected chi connectivity index (χ0v) is 22.2. The van der Waals surface area contributed by atoms with Crippen molar-refractivity contribution in [2.75, 3.05) is 11.9 Å². The van der Waals surface area contributed by atoms with Crippen molar-refractivity contribution in [1.82, 2.24) is 9.29 Å². The molecule has 1 saturated carbocycles. The minimum absolute atomic E-state index is 0.0133. The summed E-state index contributed by atoms with van der Waals surface area (Å²) in [6.07, 6.45) is 7.51. The number of rotatable bonds is 7. The van der Waals surface area contributed by atoms with Crippen LogP contribution in [0.1, 0.15) is 63.9 Å². The average Bonchev–Trinajstić information content (AvgIpc) is 3.44. The molecule has 1 aliphatic heterocycles. The van der Waals surface area contributed by atoms with Gasteiger partial charge in [-0.25, -0.2) is 13.4 Å². The quantitative estimate of drug-likeness (QED) is 0.408. The van der Waals surface area contributed by atoms with E-state index in [4.69, 9.17) is 4.98 Å². The van der Waals surface area contributed by atoms with E-state index in [1.54, 1.807) is 34.6 Å². The lowest BCUT2D eigenvalue weighted by atomic mass is 9.68. The fraction of sp³-hybridized carbons (Fsp3) is 0.400. The third kappa shape index (κ3) is 5.07. The molecule has 1 aromatic heterocycles. The number of hydrogen-bond acceptors (Lipinski definition) is 4. The molecule has 3 aromatic rings. The van der Waals surface area contributed by atoms with Crippen molar-refractivity contribution >= 4 is 21.7 Å². The van der Waals surface area contributed by atoms with Gasteiger partial charge in [0.05, 0.1) is 16.0 Å². The lowest BCUT2D eigenvalue weighted by Gasteiger charge is -2.36. The predicted octanol–water partition coefficient (Wildman–Crippen LogP) is 6.15. The topological polar surface area (TPSA) is 79.4 Å². The highest BCUT2D eigenvalue weighted by Gasteiger charge is 2.41. The smallest absolute Gasteiger partial charge is 0.243 e. The van der Waals surface area contributed by atoms with Gasteiger partial charge in [-0.1, -0.05) is 74.7 Å². The summed E-state index contributed by atoms with van der Waals surface area (Å²) in [4.78, 5) is 18.7. The van der Waals surface area contributed by atoms with E-state index in [-0.39, 0.29) is 11.9 Å². The largest absolute Gasteiger partial charge is 0.310 e. The van der Waals surface area contributed by atoms with Crippen LogP contribution in [0.5, 0.6) is 0 Å². The lowest BCUT2D eigenvalue weighted by Crippen LogP contribution is -2.42. The average molecular weight is 518 g/mol. The number of benzene rings is 2. The number of nitrogens with zero attached hydrogens (tertiary/aromatic N) is 2. The zero-order valence-electron chi connectivity index (χ0n) is 21.4. The molecule has 1 N–H and O–H groups in total. The molecule has 2 heterocycles. The molecule has 1 saturated heterocycles. The van der Waals surface area contributed by atoms with Crippen LogP contribution in [0.4, 0.5) is 5.82 Å². The number of amides is 1. The van der Waals surface area contributed by atoms with E-state index in [2.05, 4.69) is 17.4 Å². The van der Waals surface area contributed by atoms with Crippen molar-refractivity contribution in [3.63, 3.8) is 0 Å². The Labute approximate surface area is 220 Å². The van der Waals surface area contributed by atoms with Gasteiger partial charge in [-0.15, -0.1) is 0 Å². The highest BCUT2D eigenvalue weighted by Crippen LogP contribution is 2.40. The first kappa shape index (κ1) is 25.6. The number of hydrogen-bond donors (Lipinski definition) is 1. The van der Waals surface area contributed by atoms with E-state index in [1.807, 2.05) is 37.3 Å². The third-order valence-electron chi connectivity index (χ3n) is 8.01. The van der Waals surface area contributed by atoms with Crippen LogP contribution in [0.25, 0.3) is 11.3 Å². The van der Waals surface area contributed by atoms with Gasteiger partial charge in [0.2, 0.25) is 15.9 Å². The van der Waals surface area contributed by atoms with Gasteiger partial charge < -0.3 is 5.32 Å². The summed E-state index contributed by atoms with van der Waals surface area (Å²) < 4.78 is 28.0. The normalized spacial score (nSPS) is 20.0. The number of carbonyl (C=O) groups excluding carboxylic acids is 1. The Kier molecular flexibility index (Phi) is 7.45. The monoisotopic (exact) mass is 517 g/mol. The molecule has 6 nitrogen and oxygen atoms in total. The molecule has 2 aliphatic rings. The molecular weight excluding hydrogens is 482 g/mol. The first-order chi connectivity index (χ1) is 17.9. The van der Waals surface area contributed by atoms with E-state index in [9.17, 15) is 13.2 Å². The van der Waals surface area contributed by atoms with Gasteiger partial charge in [0.25, 0.3) is 0 Å². The Morgan fingerprint density at radius 3 is 2.38 bits per heavy atom. The van der Waals surface area contributed by atoms with Crippen molar-refractivity contribution in [2.24, 2.45) is 0 Å². The number of carbonyl (C=O) groups is 1. The Hall–Kier alpha value is -3.03. The second kappa shape index (κ2) is 10.8. The molecule has 1 aliphatic carbocycles. The van der Waals surface area contributed by atoms with Crippen LogP contribution < -0.4 is 5.32 Å². The lowest BCUT2D eigenvalue weighted by molar-refractivity contribution is -0.122. The van der Waals surface area contributed by atoms with E-state index in [0.29, 0.717) is 23.0 Å². The van der Waals surface area contributed by atoms with Crippen LogP contribution in [0.3, 0.4) is 0 Å². The number of anilines is 1. The van der Waals surface area contributed by atoms with Gasteiger partial charge in [0, 0.05) is 18.2 Å². The first-order valence-electron chi connectivity index (χ1n) is 13.4. The van der Waals surface area contributed by atoms with Crippen molar-refractivity contribution in [1.29, 1.82) is 0 Å². The zero-order chi connectivity index (χ0) is 25.9. The van der Waals surface area contributed by atoms with Crippen molar-refractivity contribution in [3.8, 4) is 11.3 Å². The molecule has 2 fully saturated rings. The third-order valence-corrected chi connectivity index (χ3v) is 9.98. The minimum Gasteiger partial charge on any atom is -0.310 e. The van der Waals surface area contributed by atoms with Gasteiger partial charge in [-0.2, -0.15) is 4.31 Å². The van der Waals surface area contributed by atoms with Gasteiger partial charge in [0.1, 0.15) is 5.82 Å². The summed E-state index contributed by atoms with van der Waals surface area (Å²) in [5, 5.41) is 3.09. The number of aromatic nitrogens is 1. The Morgan fingerprint density at radius 2 is 1.68 bits per heavy atom. The summed E-state index contributed by atoms with van der Waals surface area (Å²) in [5.74, 6) is 0.489. The molecule has 0 bridgehead atoms. The van der Waals surface area contributed by atoms with Crippen LogP contribution in [0, 0.1) is 0 Å². The minimum atomic E-state index is -3.51. The molecule has 37 heavy (non-hydrogen) atoms. The van der Waals surface area contributed by atoms with Crippen LogP contribution in [-0.4, -0.2) is 36.2 Å². The highest BCUT2D eigenvalue weighted by atomic mass is 32.2. The maximum atomic E-state index is 13.6. The predicted molar refractivity (Wildman–Crippen MR) is 147 cm³/mol. The number of sulfonamides is 1. The van der Waals surface area contributed by atoms with E-state index < -0.39 is 15.4 Å². The molecule has 1 amide bonds. The Balaban J connectivity index is 1.36. The maximum Gasteiger partial charge on any atom is 0.243 e. The summed E-state index contributed by atoms with van der Waals surface area (Å²) in [7, 11) is -3.51. The molecule has 0 spiro atoms. The van der Waals surface area contributed by atoms with Crippen molar-refractivity contribution < 1.29 is 13.2 Å². The molecule has 2 aromatic carbocycles. The maximum absolute atomic E-state index is 13.6. The Bertz CT molecular complexity index is 1330.